The number of hydrogen-bond acceptors (Lipinski definition) is 2. The summed E-state index contributed by atoms with van der Waals surface area (Å²) in [6.07, 6.45) is 7.21. The molecule has 0 fully saturated rings. The first-order chi connectivity index (χ1) is 9.93. The lowest BCUT2D eigenvalue weighted by atomic mass is 9.99. The average Bonchev–Trinajstić information content (AvgIpc) is 3.19. The average molecular weight is 260 g/mol. The van der Waals surface area contributed by atoms with Crippen molar-refractivity contribution >= 4 is 10.8 Å². The molecule has 96 valence electrons. The monoisotopic (exact) mass is 260 g/mol. The molecule has 0 spiro atoms. The first-order valence-electron chi connectivity index (χ1n) is 6.45. The minimum atomic E-state index is 0.882. The lowest BCUT2D eigenvalue weighted by Gasteiger charge is -2.08. The van der Waals surface area contributed by atoms with Crippen molar-refractivity contribution in [2.24, 2.45) is 0 Å². The van der Waals surface area contributed by atoms with Crippen molar-refractivity contribution in [1.29, 1.82) is 0 Å². The summed E-state index contributed by atoms with van der Waals surface area (Å²) in [5, 5.41) is 2.33. The summed E-state index contributed by atoms with van der Waals surface area (Å²) in [7, 11) is 0. The highest BCUT2D eigenvalue weighted by Gasteiger charge is 2.11. The van der Waals surface area contributed by atoms with E-state index in [0.717, 1.165) is 33.5 Å². The van der Waals surface area contributed by atoms with Gasteiger partial charge in [-0.15, -0.1) is 0 Å². The smallest absolute Gasteiger partial charge is 0.137 e. The number of aromatic nitrogens is 4. The van der Waals surface area contributed by atoms with Crippen molar-refractivity contribution in [3.8, 4) is 22.8 Å². The summed E-state index contributed by atoms with van der Waals surface area (Å²) < 4.78 is 0. The maximum atomic E-state index is 4.35. The van der Waals surface area contributed by atoms with Crippen LogP contribution in [-0.2, 0) is 0 Å². The van der Waals surface area contributed by atoms with E-state index in [1.807, 2.05) is 24.5 Å². The molecular weight excluding hydrogens is 248 g/mol. The standard InChI is InChI=1S/C16H12N4/c1-2-4-12-11(3-1)13(15-17-7-8-18-15)5-6-14(12)16-19-9-10-20-16/h1-10H,(H,17,18)(H,19,20). The van der Waals surface area contributed by atoms with Gasteiger partial charge in [0.2, 0.25) is 0 Å². The van der Waals surface area contributed by atoms with Gasteiger partial charge >= 0.3 is 0 Å². The molecule has 0 unspecified atom stereocenters. The quantitative estimate of drug-likeness (QED) is 0.578. The molecule has 2 aromatic carbocycles. The van der Waals surface area contributed by atoms with Gasteiger partial charge in [-0.05, 0) is 22.9 Å². The van der Waals surface area contributed by atoms with E-state index in [9.17, 15) is 0 Å². The molecule has 4 heteroatoms. The molecule has 4 rings (SSSR count). The molecule has 0 aliphatic carbocycles. The number of imidazole rings is 2. The van der Waals surface area contributed by atoms with E-state index in [4.69, 9.17) is 0 Å². The summed E-state index contributed by atoms with van der Waals surface area (Å²) in [6.45, 7) is 0. The first-order valence-corrected chi connectivity index (χ1v) is 6.45. The molecule has 0 radical (unpaired) electrons. The number of rotatable bonds is 2. The second-order valence-corrected chi connectivity index (χ2v) is 4.58. The van der Waals surface area contributed by atoms with Crippen LogP contribution in [0.2, 0.25) is 0 Å². The number of H-pyrrole nitrogens is 2. The Morgan fingerprint density at radius 2 is 1.15 bits per heavy atom. The van der Waals surface area contributed by atoms with Crippen LogP contribution in [0, 0.1) is 0 Å². The molecule has 0 atom stereocenters. The maximum absolute atomic E-state index is 4.35. The van der Waals surface area contributed by atoms with Crippen molar-refractivity contribution in [3.63, 3.8) is 0 Å². The van der Waals surface area contributed by atoms with Crippen molar-refractivity contribution < 1.29 is 0 Å². The van der Waals surface area contributed by atoms with Crippen LogP contribution in [0.5, 0.6) is 0 Å². The van der Waals surface area contributed by atoms with Crippen molar-refractivity contribution in [1.82, 2.24) is 19.9 Å². The number of aromatic amines is 2. The van der Waals surface area contributed by atoms with Gasteiger partial charge in [-0.2, -0.15) is 0 Å². The van der Waals surface area contributed by atoms with Gasteiger partial charge in [0, 0.05) is 35.9 Å². The van der Waals surface area contributed by atoms with Crippen molar-refractivity contribution in [3.05, 3.63) is 61.2 Å². The highest BCUT2D eigenvalue weighted by Crippen LogP contribution is 2.32. The minimum absolute atomic E-state index is 0.882. The van der Waals surface area contributed by atoms with E-state index in [1.165, 1.54) is 0 Å². The molecule has 4 aromatic rings. The van der Waals surface area contributed by atoms with Gasteiger partial charge in [-0.1, -0.05) is 24.3 Å². The van der Waals surface area contributed by atoms with Gasteiger partial charge in [0.1, 0.15) is 11.6 Å². The lowest BCUT2D eigenvalue weighted by molar-refractivity contribution is 1.31. The third kappa shape index (κ3) is 1.62. The third-order valence-corrected chi connectivity index (χ3v) is 3.43. The highest BCUT2D eigenvalue weighted by molar-refractivity contribution is 6.03. The zero-order chi connectivity index (χ0) is 13.4. The lowest BCUT2D eigenvalue weighted by Crippen LogP contribution is -1.88. The molecule has 0 aliphatic heterocycles. The molecule has 0 saturated carbocycles. The number of nitrogens with one attached hydrogen (secondary N) is 2. The first kappa shape index (κ1) is 11.0. The van der Waals surface area contributed by atoms with Crippen LogP contribution in [0.4, 0.5) is 0 Å². The van der Waals surface area contributed by atoms with E-state index < -0.39 is 0 Å². The van der Waals surface area contributed by atoms with Crippen molar-refractivity contribution in [2.45, 2.75) is 0 Å². The zero-order valence-corrected chi connectivity index (χ0v) is 10.7. The Bertz CT molecular complexity index is 773. The molecule has 4 nitrogen and oxygen atoms in total. The van der Waals surface area contributed by atoms with Gasteiger partial charge in [-0.25, -0.2) is 9.97 Å². The van der Waals surface area contributed by atoms with E-state index in [-0.39, 0.29) is 0 Å². The van der Waals surface area contributed by atoms with Crippen LogP contribution in [0.1, 0.15) is 0 Å². The summed E-state index contributed by atoms with van der Waals surface area (Å²) in [6, 6.07) is 12.5. The molecule has 2 heterocycles. The van der Waals surface area contributed by atoms with Crippen LogP contribution in [-0.4, -0.2) is 19.9 Å². The molecule has 0 bridgehead atoms. The van der Waals surface area contributed by atoms with E-state index >= 15 is 0 Å². The maximum Gasteiger partial charge on any atom is 0.137 e. The predicted molar refractivity (Wildman–Crippen MR) is 79.1 cm³/mol. The Hall–Kier alpha value is -2.88. The highest BCUT2D eigenvalue weighted by atomic mass is 14.9. The van der Waals surface area contributed by atoms with Gasteiger partial charge in [-0.3, -0.25) is 0 Å². The molecule has 2 N–H and O–H groups in total. The molecule has 0 aliphatic rings. The summed E-state index contributed by atoms with van der Waals surface area (Å²) in [5.41, 5.74) is 2.20. The Kier molecular flexibility index (Phi) is 2.39. The Balaban J connectivity index is 2.05. The molecule has 2 aromatic heterocycles. The van der Waals surface area contributed by atoms with Crippen LogP contribution >= 0.6 is 0 Å². The SMILES string of the molecule is c1ccc2c(-c3ncc[nH]3)ccc(-c3ncc[nH]3)c2c1. The number of nitrogens with zero attached hydrogens (tertiary/aromatic N) is 2. The minimum Gasteiger partial charge on any atom is -0.345 e. The fourth-order valence-electron chi connectivity index (χ4n) is 2.54. The normalized spacial score (nSPS) is 11.0. The zero-order valence-electron chi connectivity index (χ0n) is 10.7. The van der Waals surface area contributed by atoms with Crippen LogP contribution in [0.15, 0.2) is 61.2 Å². The number of benzene rings is 2. The van der Waals surface area contributed by atoms with E-state index in [1.54, 1.807) is 12.4 Å². The van der Waals surface area contributed by atoms with Gasteiger partial charge < -0.3 is 9.97 Å². The summed E-state index contributed by atoms with van der Waals surface area (Å²) >= 11 is 0. The Morgan fingerprint density at radius 3 is 1.55 bits per heavy atom. The molecular formula is C16H12N4. The Labute approximate surface area is 115 Å². The third-order valence-electron chi connectivity index (χ3n) is 3.43. The second-order valence-electron chi connectivity index (χ2n) is 4.58. The van der Waals surface area contributed by atoms with Crippen LogP contribution in [0.25, 0.3) is 33.5 Å². The fourth-order valence-corrected chi connectivity index (χ4v) is 2.54. The van der Waals surface area contributed by atoms with Gasteiger partial charge in [0.25, 0.3) is 0 Å². The van der Waals surface area contributed by atoms with Gasteiger partial charge in [0.05, 0.1) is 0 Å². The molecule has 0 saturated heterocycles. The second kappa shape index (κ2) is 4.35. The topological polar surface area (TPSA) is 57.4 Å². The van der Waals surface area contributed by atoms with Crippen LogP contribution in [0.3, 0.4) is 0 Å². The summed E-state index contributed by atoms with van der Waals surface area (Å²) in [4.78, 5) is 15.0. The van der Waals surface area contributed by atoms with Crippen molar-refractivity contribution in [2.75, 3.05) is 0 Å². The predicted octanol–water partition coefficient (Wildman–Crippen LogP) is 3.62. The van der Waals surface area contributed by atoms with Crippen LogP contribution < -0.4 is 0 Å². The Morgan fingerprint density at radius 1 is 0.650 bits per heavy atom. The largest absolute Gasteiger partial charge is 0.345 e. The van der Waals surface area contributed by atoms with E-state index in [0.29, 0.717) is 0 Å². The number of fused-ring (bicyclic) bond motifs is 1. The fraction of sp³-hybridized carbons (Fsp3) is 0. The van der Waals surface area contributed by atoms with E-state index in [2.05, 4.69) is 44.2 Å². The van der Waals surface area contributed by atoms with Gasteiger partial charge in [0.15, 0.2) is 0 Å². The summed E-state index contributed by atoms with van der Waals surface area (Å²) in [5.74, 6) is 1.76. The molecule has 0 amide bonds. The number of hydrogen-bond donors (Lipinski definition) is 2. The molecule has 20 heavy (non-hydrogen) atoms.